The molecule has 0 aliphatic heterocycles. The highest BCUT2D eigenvalue weighted by molar-refractivity contribution is 5.78. The molecule has 1 fully saturated rings. The monoisotopic (exact) mass is 290 g/mol. The van der Waals surface area contributed by atoms with Gasteiger partial charge in [-0.2, -0.15) is 0 Å². The summed E-state index contributed by atoms with van der Waals surface area (Å²) in [5.74, 6) is 1.51. The summed E-state index contributed by atoms with van der Waals surface area (Å²) in [4.78, 5) is 8.63. The summed E-state index contributed by atoms with van der Waals surface area (Å²) >= 11 is 0. The van der Waals surface area contributed by atoms with E-state index in [0.717, 1.165) is 17.9 Å². The number of rotatable bonds is 7. The molecule has 2 N–H and O–H groups in total. The number of nitrogens with two attached hydrogens (primary N) is 1. The number of aliphatic imine (C=N–C) groups is 1. The zero-order chi connectivity index (χ0) is 15.2. The Bertz CT molecular complexity index is 483. The number of hydrogen-bond donors (Lipinski definition) is 1. The average molecular weight is 290 g/mol. The van der Waals surface area contributed by atoms with Crippen LogP contribution in [-0.2, 0) is 6.54 Å². The molecule has 5 heteroatoms. The molecule has 0 atom stereocenters. The summed E-state index contributed by atoms with van der Waals surface area (Å²) in [7, 11) is 6.08. The molecule has 1 aromatic rings. The summed E-state index contributed by atoms with van der Waals surface area (Å²) < 4.78 is 5.73. The van der Waals surface area contributed by atoms with Gasteiger partial charge in [0.2, 0.25) is 0 Å². The lowest BCUT2D eigenvalue weighted by Crippen LogP contribution is -2.35. The molecule has 116 valence electrons. The third-order valence-electron chi connectivity index (χ3n) is 3.59. The van der Waals surface area contributed by atoms with Gasteiger partial charge in [-0.3, -0.25) is 0 Å². The van der Waals surface area contributed by atoms with Crippen molar-refractivity contribution in [1.29, 1.82) is 0 Å². The maximum atomic E-state index is 6.00. The van der Waals surface area contributed by atoms with E-state index in [1.807, 2.05) is 45.4 Å². The molecule has 0 saturated heterocycles. The van der Waals surface area contributed by atoms with Gasteiger partial charge in [0.1, 0.15) is 12.4 Å². The first-order chi connectivity index (χ1) is 10.1. The van der Waals surface area contributed by atoms with Crippen molar-refractivity contribution in [3.63, 3.8) is 0 Å². The number of ether oxygens (including phenoxy) is 1. The Balaban J connectivity index is 1.86. The van der Waals surface area contributed by atoms with E-state index in [4.69, 9.17) is 10.5 Å². The number of hydrogen-bond acceptors (Lipinski definition) is 3. The van der Waals surface area contributed by atoms with Crippen LogP contribution in [0.15, 0.2) is 29.3 Å². The fourth-order valence-electron chi connectivity index (χ4n) is 2.01. The van der Waals surface area contributed by atoms with Gasteiger partial charge in [-0.05, 0) is 44.6 Å². The van der Waals surface area contributed by atoms with Crippen molar-refractivity contribution in [3.05, 3.63) is 29.8 Å². The van der Waals surface area contributed by atoms with Crippen molar-refractivity contribution >= 4 is 5.96 Å². The van der Waals surface area contributed by atoms with Crippen LogP contribution in [0.5, 0.6) is 5.75 Å². The van der Waals surface area contributed by atoms with Crippen LogP contribution in [0, 0.1) is 0 Å². The molecule has 0 aromatic heterocycles. The number of benzene rings is 1. The van der Waals surface area contributed by atoms with Crippen LogP contribution in [0.4, 0.5) is 0 Å². The molecule has 0 bridgehead atoms. The van der Waals surface area contributed by atoms with Gasteiger partial charge in [0.05, 0.1) is 6.54 Å². The van der Waals surface area contributed by atoms with E-state index < -0.39 is 0 Å². The van der Waals surface area contributed by atoms with Crippen molar-refractivity contribution in [1.82, 2.24) is 9.80 Å². The van der Waals surface area contributed by atoms with E-state index in [9.17, 15) is 0 Å². The van der Waals surface area contributed by atoms with Gasteiger partial charge in [-0.1, -0.05) is 12.1 Å². The molecule has 1 aromatic carbocycles. The van der Waals surface area contributed by atoms with E-state index in [1.54, 1.807) is 0 Å². The Kier molecular flexibility index (Phi) is 5.44. The third kappa shape index (κ3) is 5.27. The van der Waals surface area contributed by atoms with Crippen molar-refractivity contribution in [3.8, 4) is 5.75 Å². The molecular formula is C16H26N4O. The molecule has 0 radical (unpaired) electrons. The topological polar surface area (TPSA) is 54.1 Å². The fraction of sp³-hybridized carbons (Fsp3) is 0.562. The molecule has 0 heterocycles. The highest BCUT2D eigenvalue weighted by Gasteiger charge is 2.27. The SMILES string of the molecule is CN(C)CCOc1cccc(CN=C(N)N(C)C2CC2)c1. The Hall–Kier alpha value is -1.75. The van der Waals surface area contributed by atoms with E-state index in [2.05, 4.69) is 14.8 Å². The first-order valence-corrected chi connectivity index (χ1v) is 7.45. The predicted molar refractivity (Wildman–Crippen MR) is 86.6 cm³/mol. The Morgan fingerprint density at radius 1 is 1.33 bits per heavy atom. The molecular weight excluding hydrogens is 264 g/mol. The Labute approximate surface area is 127 Å². The van der Waals surface area contributed by atoms with Gasteiger partial charge in [-0.15, -0.1) is 0 Å². The second kappa shape index (κ2) is 7.31. The van der Waals surface area contributed by atoms with Crippen LogP contribution < -0.4 is 10.5 Å². The summed E-state index contributed by atoms with van der Waals surface area (Å²) in [6.45, 7) is 2.18. The van der Waals surface area contributed by atoms with Crippen LogP contribution in [0.3, 0.4) is 0 Å². The van der Waals surface area contributed by atoms with E-state index >= 15 is 0 Å². The van der Waals surface area contributed by atoms with Gasteiger partial charge < -0.3 is 20.3 Å². The van der Waals surface area contributed by atoms with Gasteiger partial charge in [0.25, 0.3) is 0 Å². The van der Waals surface area contributed by atoms with Crippen LogP contribution >= 0.6 is 0 Å². The first-order valence-electron chi connectivity index (χ1n) is 7.45. The highest BCUT2D eigenvalue weighted by atomic mass is 16.5. The number of guanidine groups is 1. The Morgan fingerprint density at radius 2 is 2.10 bits per heavy atom. The second-order valence-corrected chi connectivity index (χ2v) is 5.82. The van der Waals surface area contributed by atoms with Gasteiger partial charge >= 0.3 is 0 Å². The summed E-state index contributed by atoms with van der Waals surface area (Å²) in [5, 5.41) is 0. The third-order valence-corrected chi connectivity index (χ3v) is 3.59. The minimum Gasteiger partial charge on any atom is -0.492 e. The minimum atomic E-state index is 0.591. The molecule has 1 aliphatic rings. The fourth-order valence-corrected chi connectivity index (χ4v) is 2.01. The van der Waals surface area contributed by atoms with E-state index in [0.29, 0.717) is 25.2 Å². The summed E-state index contributed by atoms with van der Waals surface area (Å²) in [6, 6.07) is 8.64. The quantitative estimate of drug-likeness (QED) is 0.611. The molecule has 0 amide bonds. The minimum absolute atomic E-state index is 0.591. The lowest BCUT2D eigenvalue weighted by Gasteiger charge is -2.17. The molecule has 1 aliphatic carbocycles. The zero-order valence-electron chi connectivity index (χ0n) is 13.2. The molecule has 2 rings (SSSR count). The first kappa shape index (κ1) is 15.6. The van der Waals surface area contributed by atoms with Crippen molar-refractivity contribution in [2.75, 3.05) is 34.3 Å². The number of nitrogens with zero attached hydrogens (tertiary/aromatic N) is 3. The molecule has 5 nitrogen and oxygen atoms in total. The normalized spacial score (nSPS) is 15.3. The standard InChI is InChI=1S/C16H26N4O/c1-19(2)9-10-21-15-6-4-5-13(11-15)12-18-16(17)20(3)14-7-8-14/h4-6,11,14H,7-10,12H2,1-3H3,(H2,17,18). The van der Waals surface area contributed by atoms with Crippen LogP contribution in [0.1, 0.15) is 18.4 Å². The van der Waals surface area contributed by atoms with Gasteiger partial charge in [0, 0.05) is 19.6 Å². The highest BCUT2D eigenvalue weighted by Crippen LogP contribution is 2.25. The Morgan fingerprint density at radius 3 is 2.76 bits per heavy atom. The maximum absolute atomic E-state index is 6.00. The smallest absolute Gasteiger partial charge is 0.191 e. The van der Waals surface area contributed by atoms with Gasteiger partial charge in [-0.25, -0.2) is 4.99 Å². The average Bonchev–Trinajstić information content (AvgIpc) is 3.28. The summed E-state index contributed by atoms with van der Waals surface area (Å²) in [5.41, 5.74) is 7.11. The van der Waals surface area contributed by atoms with E-state index in [1.165, 1.54) is 12.8 Å². The lowest BCUT2D eigenvalue weighted by molar-refractivity contribution is 0.261. The largest absolute Gasteiger partial charge is 0.492 e. The van der Waals surface area contributed by atoms with Crippen LogP contribution in [0.25, 0.3) is 0 Å². The summed E-state index contributed by atoms with van der Waals surface area (Å²) in [6.07, 6.45) is 2.45. The second-order valence-electron chi connectivity index (χ2n) is 5.82. The number of likely N-dealkylation sites (N-methyl/N-ethyl adjacent to an activating group) is 1. The van der Waals surface area contributed by atoms with Gasteiger partial charge in [0.15, 0.2) is 5.96 Å². The predicted octanol–water partition coefficient (Wildman–Crippen LogP) is 1.54. The van der Waals surface area contributed by atoms with E-state index in [-0.39, 0.29) is 0 Å². The van der Waals surface area contributed by atoms with Crippen molar-refractivity contribution in [2.45, 2.75) is 25.4 Å². The molecule has 21 heavy (non-hydrogen) atoms. The van der Waals surface area contributed by atoms with Crippen LogP contribution in [0.2, 0.25) is 0 Å². The molecule has 0 unspecified atom stereocenters. The molecule has 0 spiro atoms. The zero-order valence-corrected chi connectivity index (χ0v) is 13.2. The van der Waals surface area contributed by atoms with Crippen molar-refractivity contribution < 1.29 is 4.74 Å². The molecule has 1 saturated carbocycles. The van der Waals surface area contributed by atoms with Crippen molar-refractivity contribution in [2.24, 2.45) is 10.7 Å². The van der Waals surface area contributed by atoms with Crippen LogP contribution in [-0.4, -0.2) is 56.1 Å². The maximum Gasteiger partial charge on any atom is 0.191 e. The lowest BCUT2D eigenvalue weighted by atomic mass is 10.2.